The van der Waals surface area contributed by atoms with E-state index in [1.54, 1.807) is 18.9 Å². The van der Waals surface area contributed by atoms with E-state index in [4.69, 9.17) is 9.47 Å². The lowest BCUT2D eigenvalue weighted by Gasteiger charge is -2.13. The van der Waals surface area contributed by atoms with Gasteiger partial charge in [-0.3, -0.25) is 0 Å². The third-order valence-corrected chi connectivity index (χ3v) is 6.68. The minimum Gasteiger partial charge on any atom is -0.496 e. The summed E-state index contributed by atoms with van der Waals surface area (Å²) in [6, 6.07) is 25.1. The minimum absolute atomic E-state index is 0.261. The molecule has 0 aliphatic carbocycles. The molecule has 6 heteroatoms. The lowest BCUT2D eigenvalue weighted by Crippen LogP contribution is -2.06. The normalized spacial score (nSPS) is 12.1. The van der Waals surface area contributed by atoms with Crippen LogP contribution in [0, 0.1) is 6.92 Å². The van der Waals surface area contributed by atoms with Crippen LogP contribution in [0.25, 0.3) is 16.8 Å². The highest BCUT2D eigenvalue weighted by atomic mass is 32.2. The van der Waals surface area contributed by atoms with Crippen molar-refractivity contribution in [3.63, 3.8) is 0 Å². The van der Waals surface area contributed by atoms with Crippen molar-refractivity contribution in [2.24, 2.45) is 0 Å². The number of fused-ring (bicyclic) bond motifs is 1. The van der Waals surface area contributed by atoms with Gasteiger partial charge in [0.1, 0.15) is 18.1 Å². The molecule has 4 rings (SSSR count). The van der Waals surface area contributed by atoms with Crippen molar-refractivity contribution in [3.05, 3.63) is 107 Å². The van der Waals surface area contributed by atoms with Gasteiger partial charge in [-0.2, -0.15) is 13.2 Å². The van der Waals surface area contributed by atoms with Crippen LogP contribution in [0.5, 0.6) is 11.5 Å². The van der Waals surface area contributed by atoms with Crippen LogP contribution in [-0.4, -0.2) is 19.5 Å². The van der Waals surface area contributed by atoms with Gasteiger partial charge < -0.3 is 9.47 Å². The lowest BCUT2D eigenvalue weighted by atomic mass is 10.0. The third kappa shape index (κ3) is 6.40. The standard InChI is InChI=1S/C29H25F3O2S/c1-20-16-26(14-15-28(20)33-2)35-19-21(17-23-8-5-7-22-6-3-4-9-27(22)23)18-34-25-12-10-24(11-13-25)29(30,31)32/h3-17H,18-19H2,1-2H3. The molecule has 0 aromatic heterocycles. The molecule has 0 aliphatic heterocycles. The Labute approximate surface area is 207 Å². The summed E-state index contributed by atoms with van der Waals surface area (Å²) in [5, 5.41) is 2.27. The van der Waals surface area contributed by atoms with Gasteiger partial charge >= 0.3 is 6.18 Å². The van der Waals surface area contributed by atoms with Crippen molar-refractivity contribution in [2.75, 3.05) is 19.5 Å². The van der Waals surface area contributed by atoms with Gasteiger partial charge in [-0.25, -0.2) is 0 Å². The predicted molar refractivity (Wildman–Crippen MR) is 137 cm³/mol. The van der Waals surface area contributed by atoms with Crippen LogP contribution < -0.4 is 9.47 Å². The Morgan fingerprint density at radius 1 is 0.914 bits per heavy atom. The van der Waals surface area contributed by atoms with Gasteiger partial charge in [-0.05, 0) is 76.9 Å². The van der Waals surface area contributed by atoms with E-state index >= 15 is 0 Å². The summed E-state index contributed by atoms with van der Waals surface area (Å²) in [5.41, 5.74) is 2.44. The van der Waals surface area contributed by atoms with E-state index < -0.39 is 11.7 Å². The van der Waals surface area contributed by atoms with Gasteiger partial charge in [0.15, 0.2) is 0 Å². The fraction of sp³-hybridized carbons (Fsp3) is 0.172. The summed E-state index contributed by atoms with van der Waals surface area (Å²) in [7, 11) is 1.65. The fourth-order valence-corrected chi connectivity index (χ4v) is 4.70. The van der Waals surface area contributed by atoms with Gasteiger partial charge in [-0.1, -0.05) is 48.5 Å². The molecular weight excluding hydrogens is 469 g/mol. The van der Waals surface area contributed by atoms with Gasteiger partial charge in [0.25, 0.3) is 0 Å². The highest BCUT2D eigenvalue weighted by molar-refractivity contribution is 7.99. The summed E-state index contributed by atoms with van der Waals surface area (Å²) in [6.07, 6.45) is -2.26. The summed E-state index contributed by atoms with van der Waals surface area (Å²) < 4.78 is 49.9. The summed E-state index contributed by atoms with van der Waals surface area (Å²) >= 11 is 1.67. The zero-order chi connectivity index (χ0) is 24.8. The second-order valence-electron chi connectivity index (χ2n) is 8.10. The second-order valence-corrected chi connectivity index (χ2v) is 9.15. The molecule has 0 saturated carbocycles. The van der Waals surface area contributed by atoms with Gasteiger partial charge in [0.05, 0.1) is 12.7 Å². The molecule has 0 atom stereocenters. The van der Waals surface area contributed by atoms with Crippen LogP contribution in [0.1, 0.15) is 16.7 Å². The molecule has 4 aromatic carbocycles. The smallest absolute Gasteiger partial charge is 0.416 e. The van der Waals surface area contributed by atoms with Crippen LogP contribution in [0.15, 0.2) is 95.4 Å². The Kier molecular flexibility index (Phi) is 7.71. The molecule has 0 amide bonds. The maximum absolute atomic E-state index is 12.9. The number of hydrogen-bond acceptors (Lipinski definition) is 3. The average Bonchev–Trinajstić information content (AvgIpc) is 2.85. The molecular formula is C29H25F3O2S. The third-order valence-electron chi connectivity index (χ3n) is 5.58. The lowest BCUT2D eigenvalue weighted by molar-refractivity contribution is -0.137. The number of hydrogen-bond donors (Lipinski definition) is 0. The topological polar surface area (TPSA) is 18.5 Å². The Morgan fingerprint density at radius 2 is 1.66 bits per heavy atom. The molecule has 0 aliphatic rings. The number of rotatable bonds is 8. The number of thioether (sulfide) groups is 1. The summed E-state index contributed by atoms with van der Waals surface area (Å²) in [4.78, 5) is 1.10. The van der Waals surface area contributed by atoms with Crippen molar-refractivity contribution >= 4 is 28.6 Å². The van der Waals surface area contributed by atoms with E-state index in [9.17, 15) is 13.2 Å². The number of ether oxygens (including phenoxy) is 2. The van der Waals surface area contributed by atoms with Crippen LogP contribution >= 0.6 is 11.8 Å². The maximum Gasteiger partial charge on any atom is 0.416 e. The van der Waals surface area contributed by atoms with Crippen molar-refractivity contribution in [2.45, 2.75) is 18.0 Å². The number of methoxy groups -OCH3 is 1. The van der Waals surface area contributed by atoms with Gasteiger partial charge in [-0.15, -0.1) is 11.8 Å². The number of aryl methyl sites for hydroxylation is 1. The Morgan fingerprint density at radius 3 is 2.37 bits per heavy atom. The zero-order valence-corrected chi connectivity index (χ0v) is 20.2. The monoisotopic (exact) mass is 494 g/mol. The number of halogens is 3. The highest BCUT2D eigenvalue weighted by Crippen LogP contribution is 2.31. The molecule has 0 fully saturated rings. The van der Waals surface area contributed by atoms with Crippen molar-refractivity contribution < 1.29 is 22.6 Å². The maximum atomic E-state index is 12.9. The SMILES string of the molecule is COc1ccc(SCC(=Cc2cccc3ccccc23)COc2ccc(C(F)(F)F)cc2)cc1C. The first-order valence-corrected chi connectivity index (χ1v) is 12.1. The molecule has 0 heterocycles. The van der Waals surface area contributed by atoms with Crippen LogP contribution in [0.2, 0.25) is 0 Å². The largest absolute Gasteiger partial charge is 0.496 e. The molecule has 4 aromatic rings. The second kappa shape index (κ2) is 10.9. The highest BCUT2D eigenvalue weighted by Gasteiger charge is 2.30. The number of alkyl halides is 3. The van der Waals surface area contributed by atoms with E-state index in [2.05, 4.69) is 36.4 Å². The molecule has 0 radical (unpaired) electrons. The first kappa shape index (κ1) is 24.7. The van der Waals surface area contributed by atoms with Crippen LogP contribution in [0.3, 0.4) is 0 Å². The molecule has 2 nitrogen and oxygen atoms in total. The fourth-order valence-electron chi connectivity index (χ4n) is 3.75. The first-order chi connectivity index (χ1) is 16.8. The van der Waals surface area contributed by atoms with Gasteiger partial charge in [0, 0.05) is 10.6 Å². The first-order valence-electron chi connectivity index (χ1n) is 11.1. The molecule has 0 bridgehead atoms. The zero-order valence-electron chi connectivity index (χ0n) is 19.4. The average molecular weight is 495 g/mol. The quantitative estimate of drug-likeness (QED) is 0.229. The summed E-state index contributed by atoms with van der Waals surface area (Å²) in [5.74, 6) is 1.90. The predicted octanol–water partition coefficient (Wildman–Crippen LogP) is 8.43. The van der Waals surface area contributed by atoms with Crippen molar-refractivity contribution in [1.82, 2.24) is 0 Å². The number of benzene rings is 4. The van der Waals surface area contributed by atoms with Gasteiger partial charge in [0.2, 0.25) is 0 Å². The van der Waals surface area contributed by atoms with Crippen LogP contribution in [0.4, 0.5) is 13.2 Å². The van der Waals surface area contributed by atoms with Crippen molar-refractivity contribution in [3.8, 4) is 11.5 Å². The Balaban J connectivity index is 1.57. The minimum atomic E-state index is -4.37. The van der Waals surface area contributed by atoms with E-state index in [0.717, 1.165) is 50.3 Å². The molecule has 0 unspecified atom stereocenters. The van der Waals surface area contributed by atoms with E-state index in [1.165, 1.54) is 12.1 Å². The molecule has 0 spiro atoms. The molecule has 0 saturated heterocycles. The molecule has 35 heavy (non-hydrogen) atoms. The van der Waals surface area contributed by atoms with E-state index in [0.29, 0.717) is 11.5 Å². The van der Waals surface area contributed by atoms with E-state index in [1.807, 2.05) is 37.3 Å². The summed E-state index contributed by atoms with van der Waals surface area (Å²) in [6.45, 7) is 2.26. The Bertz CT molecular complexity index is 1320. The van der Waals surface area contributed by atoms with Crippen molar-refractivity contribution in [1.29, 1.82) is 0 Å². The Hall–Kier alpha value is -3.38. The molecule has 180 valence electrons. The van der Waals surface area contributed by atoms with E-state index in [-0.39, 0.29) is 6.61 Å². The molecule has 0 N–H and O–H groups in total. The van der Waals surface area contributed by atoms with Crippen LogP contribution in [-0.2, 0) is 6.18 Å².